The number of rotatable bonds is 6. The van der Waals surface area contributed by atoms with Gasteiger partial charge in [0.1, 0.15) is 0 Å². The van der Waals surface area contributed by atoms with Crippen LogP contribution in [0.4, 0.5) is 0 Å². The SMILES string of the molecule is CCCC(C(=O)OCC)C(O)C1CCC(C)O1. The minimum atomic E-state index is -0.737. The summed E-state index contributed by atoms with van der Waals surface area (Å²) in [6.07, 6.45) is 2.49. The molecule has 0 aliphatic carbocycles. The van der Waals surface area contributed by atoms with Crippen LogP contribution in [0.15, 0.2) is 0 Å². The molecular weight excluding hydrogens is 220 g/mol. The quantitative estimate of drug-likeness (QED) is 0.725. The molecule has 1 saturated heterocycles. The van der Waals surface area contributed by atoms with E-state index < -0.39 is 12.0 Å². The van der Waals surface area contributed by atoms with E-state index in [2.05, 4.69) is 0 Å². The van der Waals surface area contributed by atoms with Gasteiger partial charge in [-0.1, -0.05) is 13.3 Å². The molecule has 0 aromatic rings. The van der Waals surface area contributed by atoms with Crippen molar-refractivity contribution in [3.8, 4) is 0 Å². The molecule has 1 aliphatic rings. The number of ether oxygens (including phenoxy) is 2. The van der Waals surface area contributed by atoms with Crippen molar-refractivity contribution in [2.24, 2.45) is 5.92 Å². The molecule has 4 heteroatoms. The fourth-order valence-electron chi connectivity index (χ4n) is 2.33. The minimum absolute atomic E-state index is 0.180. The van der Waals surface area contributed by atoms with Gasteiger partial charge in [0, 0.05) is 0 Å². The molecule has 1 aliphatic heterocycles. The Bertz CT molecular complexity index is 242. The third kappa shape index (κ3) is 3.96. The summed E-state index contributed by atoms with van der Waals surface area (Å²) in [6.45, 7) is 6.12. The second-order valence-corrected chi connectivity index (χ2v) is 4.70. The van der Waals surface area contributed by atoms with Crippen molar-refractivity contribution in [2.75, 3.05) is 6.61 Å². The van der Waals surface area contributed by atoms with E-state index in [9.17, 15) is 9.90 Å². The Hall–Kier alpha value is -0.610. The summed E-state index contributed by atoms with van der Waals surface area (Å²) in [7, 11) is 0. The molecule has 4 unspecified atom stereocenters. The summed E-state index contributed by atoms with van der Waals surface area (Å²) in [5, 5.41) is 10.2. The van der Waals surface area contributed by atoms with Gasteiger partial charge in [-0.2, -0.15) is 0 Å². The van der Waals surface area contributed by atoms with Crippen molar-refractivity contribution in [1.29, 1.82) is 0 Å². The van der Waals surface area contributed by atoms with Gasteiger partial charge in [-0.3, -0.25) is 4.79 Å². The van der Waals surface area contributed by atoms with Gasteiger partial charge in [0.15, 0.2) is 0 Å². The number of esters is 1. The Labute approximate surface area is 103 Å². The van der Waals surface area contributed by atoms with Crippen LogP contribution in [0.2, 0.25) is 0 Å². The molecule has 1 rings (SSSR count). The molecule has 0 bridgehead atoms. The van der Waals surface area contributed by atoms with E-state index in [-0.39, 0.29) is 18.2 Å². The topological polar surface area (TPSA) is 55.8 Å². The van der Waals surface area contributed by atoms with Gasteiger partial charge in [0.05, 0.1) is 30.8 Å². The third-order valence-corrected chi connectivity index (χ3v) is 3.25. The molecule has 0 amide bonds. The van der Waals surface area contributed by atoms with E-state index >= 15 is 0 Å². The highest BCUT2D eigenvalue weighted by atomic mass is 16.5. The number of hydrogen-bond acceptors (Lipinski definition) is 4. The van der Waals surface area contributed by atoms with Crippen LogP contribution in [0.3, 0.4) is 0 Å². The summed E-state index contributed by atoms with van der Waals surface area (Å²) >= 11 is 0. The van der Waals surface area contributed by atoms with E-state index in [1.54, 1.807) is 6.92 Å². The maximum atomic E-state index is 11.8. The van der Waals surface area contributed by atoms with Crippen molar-refractivity contribution < 1.29 is 19.4 Å². The van der Waals surface area contributed by atoms with Gasteiger partial charge in [-0.25, -0.2) is 0 Å². The minimum Gasteiger partial charge on any atom is -0.466 e. The van der Waals surface area contributed by atoms with Crippen LogP contribution in [-0.2, 0) is 14.3 Å². The van der Waals surface area contributed by atoms with Gasteiger partial charge in [-0.05, 0) is 33.1 Å². The molecule has 4 atom stereocenters. The lowest BCUT2D eigenvalue weighted by Crippen LogP contribution is -2.38. The molecule has 100 valence electrons. The zero-order valence-electron chi connectivity index (χ0n) is 11.0. The highest BCUT2D eigenvalue weighted by Crippen LogP contribution is 2.27. The summed E-state index contributed by atoms with van der Waals surface area (Å²) in [5.74, 6) is -0.750. The molecule has 1 N–H and O–H groups in total. The van der Waals surface area contributed by atoms with E-state index in [1.807, 2.05) is 13.8 Å². The van der Waals surface area contributed by atoms with Gasteiger partial charge in [0.2, 0.25) is 0 Å². The standard InChI is InChI=1S/C13H24O4/c1-4-6-10(13(15)16-5-2)12(14)11-8-7-9(3)17-11/h9-12,14H,4-8H2,1-3H3. The number of aliphatic hydroxyl groups excluding tert-OH is 1. The normalized spacial score (nSPS) is 27.8. The largest absolute Gasteiger partial charge is 0.466 e. The first kappa shape index (κ1) is 14.5. The fourth-order valence-corrected chi connectivity index (χ4v) is 2.33. The van der Waals surface area contributed by atoms with E-state index in [4.69, 9.17) is 9.47 Å². The molecule has 0 aromatic carbocycles. The Kier molecular flexibility index (Phi) is 5.92. The Morgan fingerprint density at radius 2 is 2.18 bits per heavy atom. The summed E-state index contributed by atoms with van der Waals surface area (Å²) < 4.78 is 10.6. The number of hydrogen-bond donors (Lipinski definition) is 1. The van der Waals surface area contributed by atoms with Crippen molar-refractivity contribution in [3.63, 3.8) is 0 Å². The second-order valence-electron chi connectivity index (χ2n) is 4.70. The molecule has 1 heterocycles. The van der Waals surface area contributed by atoms with Gasteiger partial charge >= 0.3 is 5.97 Å². The smallest absolute Gasteiger partial charge is 0.311 e. The number of carbonyl (C=O) groups is 1. The zero-order valence-corrected chi connectivity index (χ0v) is 11.0. The molecule has 0 spiro atoms. The molecular formula is C13H24O4. The van der Waals surface area contributed by atoms with Gasteiger partial charge < -0.3 is 14.6 Å². The van der Waals surface area contributed by atoms with Crippen molar-refractivity contribution in [2.45, 2.75) is 64.8 Å². The van der Waals surface area contributed by atoms with E-state index in [1.165, 1.54) is 0 Å². The number of aliphatic hydroxyl groups is 1. The maximum absolute atomic E-state index is 11.8. The van der Waals surface area contributed by atoms with Crippen LogP contribution in [0.1, 0.15) is 46.5 Å². The molecule has 4 nitrogen and oxygen atoms in total. The predicted molar refractivity (Wildman–Crippen MR) is 64.6 cm³/mol. The van der Waals surface area contributed by atoms with Crippen LogP contribution < -0.4 is 0 Å². The number of carbonyl (C=O) groups excluding carboxylic acids is 1. The molecule has 0 radical (unpaired) electrons. The van der Waals surface area contributed by atoms with Crippen LogP contribution >= 0.6 is 0 Å². The first-order valence-electron chi connectivity index (χ1n) is 6.60. The summed E-state index contributed by atoms with van der Waals surface area (Å²) in [5.41, 5.74) is 0. The van der Waals surface area contributed by atoms with Crippen LogP contribution in [-0.4, -0.2) is 36.0 Å². The highest BCUT2D eigenvalue weighted by Gasteiger charge is 2.37. The van der Waals surface area contributed by atoms with Crippen LogP contribution in [0.25, 0.3) is 0 Å². The van der Waals surface area contributed by atoms with Crippen LogP contribution in [0, 0.1) is 5.92 Å². The zero-order chi connectivity index (χ0) is 12.8. The van der Waals surface area contributed by atoms with Gasteiger partial charge in [0.25, 0.3) is 0 Å². The summed E-state index contributed by atoms with van der Waals surface area (Å²) in [6, 6.07) is 0. The highest BCUT2D eigenvalue weighted by molar-refractivity contribution is 5.73. The monoisotopic (exact) mass is 244 g/mol. The summed E-state index contributed by atoms with van der Waals surface area (Å²) in [4.78, 5) is 11.8. The Morgan fingerprint density at radius 1 is 1.47 bits per heavy atom. The van der Waals surface area contributed by atoms with Gasteiger partial charge in [-0.15, -0.1) is 0 Å². The lowest BCUT2D eigenvalue weighted by Gasteiger charge is -2.25. The second kappa shape index (κ2) is 6.97. The Balaban J connectivity index is 2.59. The van der Waals surface area contributed by atoms with Crippen LogP contribution in [0.5, 0.6) is 0 Å². The van der Waals surface area contributed by atoms with E-state index in [0.717, 1.165) is 19.3 Å². The van der Waals surface area contributed by atoms with Crippen molar-refractivity contribution in [3.05, 3.63) is 0 Å². The first-order valence-corrected chi connectivity index (χ1v) is 6.60. The fraction of sp³-hybridized carbons (Fsp3) is 0.923. The Morgan fingerprint density at radius 3 is 2.65 bits per heavy atom. The molecule has 17 heavy (non-hydrogen) atoms. The lowest BCUT2D eigenvalue weighted by atomic mass is 9.92. The molecule has 0 saturated carbocycles. The third-order valence-electron chi connectivity index (χ3n) is 3.25. The maximum Gasteiger partial charge on any atom is 0.311 e. The molecule has 0 aromatic heterocycles. The average Bonchev–Trinajstić information content (AvgIpc) is 2.72. The average molecular weight is 244 g/mol. The first-order chi connectivity index (χ1) is 8.10. The molecule has 1 fully saturated rings. The van der Waals surface area contributed by atoms with Crippen molar-refractivity contribution >= 4 is 5.97 Å². The predicted octanol–water partition coefficient (Wildman–Crippen LogP) is 1.89. The lowest BCUT2D eigenvalue weighted by molar-refractivity contribution is -0.157. The van der Waals surface area contributed by atoms with E-state index in [0.29, 0.717) is 13.0 Å². The van der Waals surface area contributed by atoms with Crippen molar-refractivity contribution in [1.82, 2.24) is 0 Å².